The minimum Gasteiger partial charge on any atom is -0.354 e. The van der Waals surface area contributed by atoms with Crippen LogP contribution in [-0.4, -0.2) is 52.6 Å². The molecule has 0 bridgehead atoms. The van der Waals surface area contributed by atoms with Gasteiger partial charge < -0.3 is 10.2 Å². The Morgan fingerprint density at radius 3 is 2.20 bits per heavy atom. The van der Waals surface area contributed by atoms with Crippen LogP contribution >= 0.6 is 23.2 Å². The van der Waals surface area contributed by atoms with Crippen molar-refractivity contribution in [1.29, 1.82) is 0 Å². The molecule has 4 rings (SSSR count). The van der Waals surface area contributed by atoms with Crippen LogP contribution in [0.2, 0.25) is 10.0 Å². The number of allylic oxidation sites excluding steroid dienone is 2. The van der Waals surface area contributed by atoms with E-state index in [1.54, 1.807) is 18.2 Å². The summed E-state index contributed by atoms with van der Waals surface area (Å²) in [4.78, 5) is 56.2. The predicted molar refractivity (Wildman–Crippen MR) is 155 cm³/mol. The summed E-state index contributed by atoms with van der Waals surface area (Å²) in [6.45, 7) is 4.56. The Kier molecular flexibility index (Phi) is 10.0. The number of nitrogens with zero attached hydrogens (tertiary/aromatic N) is 2. The van der Waals surface area contributed by atoms with Gasteiger partial charge in [-0.3, -0.25) is 24.1 Å². The highest BCUT2D eigenvalue weighted by molar-refractivity contribution is 6.42. The third-order valence-electron chi connectivity index (χ3n) is 7.44. The normalized spacial score (nSPS) is 19.1. The Balaban J connectivity index is 1.60. The molecule has 1 aliphatic carbocycles. The molecule has 1 saturated heterocycles. The molecule has 7 nitrogen and oxygen atoms in total. The summed E-state index contributed by atoms with van der Waals surface area (Å²) in [6, 6.07) is 13.8. The lowest BCUT2D eigenvalue weighted by Gasteiger charge is -2.32. The van der Waals surface area contributed by atoms with E-state index in [1.807, 2.05) is 56.3 Å². The van der Waals surface area contributed by atoms with Crippen LogP contribution in [-0.2, 0) is 32.1 Å². The predicted octanol–water partition coefficient (Wildman–Crippen LogP) is 5.05. The summed E-state index contributed by atoms with van der Waals surface area (Å²) < 4.78 is 0. The summed E-state index contributed by atoms with van der Waals surface area (Å²) in [7, 11) is 0. The van der Waals surface area contributed by atoms with Crippen LogP contribution in [0.1, 0.15) is 44.2 Å². The van der Waals surface area contributed by atoms with E-state index in [4.69, 9.17) is 23.2 Å². The molecule has 40 heavy (non-hydrogen) atoms. The van der Waals surface area contributed by atoms with Gasteiger partial charge in [0.05, 0.1) is 21.9 Å². The number of hydrogen-bond donors (Lipinski definition) is 1. The molecule has 0 aromatic heterocycles. The Bertz CT molecular complexity index is 1250. The Morgan fingerprint density at radius 2 is 1.60 bits per heavy atom. The van der Waals surface area contributed by atoms with Crippen LogP contribution < -0.4 is 5.32 Å². The van der Waals surface area contributed by atoms with Crippen molar-refractivity contribution in [2.45, 2.75) is 52.1 Å². The number of fused-ring (bicyclic) bond motifs is 1. The molecule has 1 aliphatic heterocycles. The van der Waals surface area contributed by atoms with Crippen molar-refractivity contribution in [3.8, 4) is 0 Å². The number of nitrogens with one attached hydrogen (secondary N) is 1. The van der Waals surface area contributed by atoms with E-state index < -0.39 is 6.04 Å². The molecule has 1 fully saturated rings. The number of benzene rings is 2. The van der Waals surface area contributed by atoms with E-state index in [1.165, 1.54) is 9.80 Å². The third-order valence-corrected chi connectivity index (χ3v) is 8.18. The summed E-state index contributed by atoms with van der Waals surface area (Å²) >= 11 is 12.4. The van der Waals surface area contributed by atoms with Gasteiger partial charge in [-0.2, -0.15) is 0 Å². The van der Waals surface area contributed by atoms with E-state index in [2.05, 4.69) is 5.32 Å². The molecule has 0 radical (unpaired) electrons. The first-order valence-electron chi connectivity index (χ1n) is 13.7. The first-order chi connectivity index (χ1) is 19.2. The second-order valence-electron chi connectivity index (χ2n) is 10.8. The Morgan fingerprint density at radius 1 is 0.950 bits per heavy atom. The van der Waals surface area contributed by atoms with Crippen LogP contribution in [0.15, 0.2) is 60.7 Å². The molecule has 1 heterocycles. The van der Waals surface area contributed by atoms with Gasteiger partial charge in [0.25, 0.3) is 0 Å². The maximum atomic E-state index is 13.9. The van der Waals surface area contributed by atoms with Gasteiger partial charge in [0.15, 0.2) is 0 Å². The Labute approximate surface area is 245 Å². The highest BCUT2D eigenvalue weighted by atomic mass is 35.5. The molecule has 4 amide bonds. The molecular formula is C31H35Cl2N3O4. The van der Waals surface area contributed by atoms with Crippen LogP contribution in [0.25, 0.3) is 0 Å². The molecule has 1 N–H and O–H groups in total. The monoisotopic (exact) mass is 583 g/mol. The van der Waals surface area contributed by atoms with E-state index in [-0.39, 0.29) is 60.9 Å². The molecule has 2 aromatic carbocycles. The lowest BCUT2D eigenvalue weighted by Crippen LogP contribution is -2.51. The van der Waals surface area contributed by atoms with Crippen LogP contribution in [0.4, 0.5) is 0 Å². The zero-order valence-corrected chi connectivity index (χ0v) is 24.3. The number of carbonyl (C=O) groups is 4. The summed E-state index contributed by atoms with van der Waals surface area (Å²) in [5.41, 5.74) is 1.61. The molecule has 3 atom stereocenters. The quantitative estimate of drug-likeness (QED) is 0.296. The van der Waals surface area contributed by atoms with Gasteiger partial charge in [0, 0.05) is 32.5 Å². The van der Waals surface area contributed by atoms with Crippen LogP contribution in [0, 0.1) is 17.8 Å². The summed E-state index contributed by atoms with van der Waals surface area (Å²) in [5.74, 6) is -1.53. The van der Waals surface area contributed by atoms with Gasteiger partial charge in [-0.15, -0.1) is 0 Å². The van der Waals surface area contributed by atoms with Crippen molar-refractivity contribution < 1.29 is 19.2 Å². The number of halogens is 2. The number of hydrogen-bond acceptors (Lipinski definition) is 4. The van der Waals surface area contributed by atoms with Crippen LogP contribution in [0.5, 0.6) is 0 Å². The maximum Gasteiger partial charge on any atom is 0.243 e. The molecule has 2 aromatic rings. The minimum atomic E-state index is -0.820. The number of likely N-dealkylation sites (tertiary alicyclic amines) is 1. The van der Waals surface area contributed by atoms with Gasteiger partial charge in [0.2, 0.25) is 23.6 Å². The van der Waals surface area contributed by atoms with Gasteiger partial charge in [-0.25, -0.2) is 0 Å². The van der Waals surface area contributed by atoms with E-state index in [0.29, 0.717) is 41.4 Å². The standard InChI is InChI=1S/C31H35Cl2N3O4/c1-20(2)18-34-29(38)27(17-21-8-4-3-5-9-21)36(19-22-12-13-25(32)26(33)16-22)28(37)14-15-35-30(39)23-10-6-7-11-24(23)31(35)40/h3-9,12-13,16,20,23-24,27H,10-11,14-15,17-19H2,1-2H3,(H,34,38)/t23-,24+,27?. The number of amides is 4. The topological polar surface area (TPSA) is 86.8 Å². The zero-order valence-electron chi connectivity index (χ0n) is 22.8. The van der Waals surface area contributed by atoms with Gasteiger partial charge in [-0.05, 0) is 42.0 Å². The fourth-order valence-electron chi connectivity index (χ4n) is 5.25. The zero-order chi connectivity index (χ0) is 28.8. The van der Waals surface area contributed by atoms with Crippen molar-refractivity contribution >= 4 is 46.8 Å². The summed E-state index contributed by atoms with van der Waals surface area (Å²) in [6.07, 6.45) is 5.16. The first-order valence-corrected chi connectivity index (χ1v) is 14.5. The minimum absolute atomic E-state index is 0.0208. The molecule has 212 valence electrons. The molecule has 0 saturated carbocycles. The average molecular weight is 585 g/mol. The van der Waals surface area contributed by atoms with E-state index >= 15 is 0 Å². The molecule has 1 unspecified atom stereocenters. The van der Waals surface area contributed by atoms with Crippen molar-refractivity contribution in [1.82, 2.24) is 15.1 Å². The maximum absolute atomic E-state index is 13.9. The molecule has 9 heteroatoms. The average Bonchev–Trinajstić information content (AvgIpc) is 3.19. The fraction of sp³-hybridized carbons (Fsp3) is 0.419. The van der Waals surface area contributed by atoms with Gasteiger partial charge in [-0.1, -0.05) is 85.6 Å². The number of carbonyl (C=O) groups excluding carboxylic acids is 4. The highest BCUT2D eigenvalue weighted by Crippen LogP contribution is 2.35. The van der Waals surface area contributed by atoms with E-state index in [9.17, 15) is 19.2 Å². The summed E-state index contributed by atoms with van der Waals surface area (Å²) in [5, 5.41) is 3.72. The molecule has 2 aliphatic rings. The van der Waals surface area contributed by atoms with Crippen molar-refractivity contribution in [3.05, 3.63) is 81.9 Å². The molecular weight excluding hydrogens is 549 g/mol. The second kappa shape index (κ2) is 13.5. The number of imide groups is 1. The molecule has 0 spiro atoms. The third kappa shape index (κ3) is 7.12. The largest absolute Gasteiger partial charge is 0.354 e. The van der Waals surface area contributed by atoms with Crippen molar-refractivity contribution in [3.63, 3.8) is 0 Å². The van der Waals surface area contributed by atoms with E-state index in [0.717, 1.165) is 5.56 Å². The van der Waals surface area contributed by atoms with Crippen molar-refractivity contribution in [2.75, 3.05) is 13.1 Å². The first kappa shape index (κ1) is 29.8. The Hall–Kier alpha value is -3.16. The van der Waals surface area contributed by atoms with Crippen LogP contribution in [0.3, 0.4) is 0 Å². The van der Waals surface area contributed by atoms with Gasteiger partial charge >= 0.3 is 0 Å². The van der Waals surface area contributed by atoms with Gasteiger partial charge in [0.1, 0.15) is 6.04 Å². The fourth-order valence-corrected chi connectivity index (χ4v) is 5.57. The lowest BCUT2D eigenvalue weighted by molar-refractivity contribution is -0.144. The SMILES string of the molecule is CC(C)CNC(=O)C(Cc1ccccc1)N(Cc1ccc(Cl)c(Cl)c1)C(=O)CCN1C(=O)[C@H]2CC=CC[C@H]2C1=O. The number of rotatable bonds is 11. The van der Waals surface area contributed by atoms with Crippen molar-refractivity contribution in [2.24, 2.45) is 17.8 Å². The highest BCUT2D eigenvalue weighted by Gasteiger charge is 2.47. The lowest BCUT2D eigenvalue weighted by atomic mass is 9.85. The second-order valence-corrected chi connectivity index (χ2v) is 11.7. The smallest absolute Gasteiger partial charge is 0.243 e.